The number of ether oxygens (including phenoxy) is 1. The van der Waals surface area contributed by atoms with Gasteiger partial charge in [-0.05, 0) is 48.9 Å². The van der Waals surface area contributed by atoms with E-state index >= 15 is 0 Å². The second-order valence-corrected chi connectivity index (χ2v) is 7.73. The molecule has 2 aromatic heterocycles. The lowest BCUT2D eigenvalue weighted by Gasteiger charge is -2.20. The summed E-state index contributed by atoms with van der Waals surface area (Å²) in [5.74, 6) is 0.919. The molecule has 5 rings (SSSR count). The van der Waals surface area contributed by atoms with E-state index in [0.29, 0.717) is 30.8 Å². The molecule has 0 radical (unpaired) electrons. The SMILES string of the molecule is O=C(O)c1ccn(C(=O)N2CC3CC(Oc4cccc(-c5ncco5)c4)CC3C2)n1. The van der Waals surface area contributed by atoms with Crippen molar-refractivity contribution in [2.24, 2.45) is 11.8 Å². The van der Waals surface area contributed by atoms with Crippen LogP contribution in [0.15, 0.2) is 53.4 Å². The molecule has 1 aliphatic heterocycles. The van der Waals surface area contributed by atoms with Gasteiger partial charge in [0.15, 0.2) is 5.69 Å². The number of oxazole rings is 1. The molecule has 2 aliphatic rings. The van der Waals surface area contributed by atoms with Gasteiger partial charge in [-0.1, -0.05) is 6.07 Å². The smallest absolute Gasteiger partial charge is 0.356 e. The number of hydrogen-bond acceptors (Lipinski definition) is 6. The monoisotopic (exact) mass is 408 g/mol. The van der Waals surface area contributed by atoms with E-state index in [1.165, 1.54) is 12.3 Å². The van der Waals surface area contributed by atoms with Crippen LogP contribution < -0.4 is 4.74 Å². The van der Waals surface area contributed by atoms with Crippen LogP contribution in [0.1, 0.15) is 23.3 Å². The molecule has 1 N–H and O–H groups in total. The van der Waals surface area contributed by atoms with E-state index in [-0.39, 0.29) is 17.8 Å². The minimum Gasteiger partial charge on any atom is -0.490 e. The van der Waals surface area contributed by atoms with E-state index in [0.717, 1.165) is 28.8 Å². The first-order valence-electron chi connectivity index (χ1n) is 9.81. The van der Waals surface area contributed by atoms with Crippen molar-refractivity contribution in [2.75, 3.05) is 13.1 Å². The molecule has 1 saturated carbocycles. The highest BCUT2D eigenvalue weighted by atomic mass is 16.5. The molecule has 2 fully saturated rings. The number of amides is 1. The molecule has 1 aliphatic carbocycles. The third kappa shape index (κ3) is 3.42. The van der Waals surface area contributed by atoms with Gasteiger partial charge in [0.1, 0.15) is 12.0 Å². The van der Waals surface area contributed by atoms with Gasteiger partial charge in [0.25, 0.3) is 0 Å². The zero-order valence-corrected chi connectivity index (χ0v) is 16.0. The van der Waals surface area contributed by atoms with Gasteiger partial charge in [-0.15, -0.1) is 0 Å². The fourth-order valence-corrected chi connectivity index (χ4v) is 4.45. The molecular formula is C21H20N4O5. The summed E-state index contributed by atoms with van der Waals surface area (Å²) in [4.78, 5) is 29.5. The molecule has 30 heavy (non-hydrogen) atoms. The molecule has 0 bridgehead atoms. The Morgan fingerprint density at radius 3 is 2.63 bits per heavy atom. The summed E-state index contributed by atoms with van der Waals surface area (Å²) < 4.78 is 12.7. The van der Waals surface area contributed by atoms with Crippen molar-refractivity contribution in [3.63, 3.8) is 0 Å². The lowest BCUT2D eigenvalue weighted by Crippen LogP contribution is -2.34. The number of likely N-dealkylation sites (tertiary alicyclic amines) is 1. The second-order valence-electron chi connectivity index (χ2n) is 7.73. The zero-order chi connectivity index (χ0) is 20.7. The number of benzene rings is 1. The number of fused-ring (bicyclic) bond motifs is 1. The van der Waals surface area contributed by atoms with Crippen LogP contribution in [0.4, 0.5) is 4.79 Å². The van der Waals surface area contributed by atoms with Gasteiger partial charge in [-0.2, -0.15) is 9.78 Å². The number of carboxylic acid groups (broad SMARTS) is 1. The molecule has 2 unspecified atom stereocenters. The fraction of sp³-hybridized carbons (Fsp3) is 0.333. The first-order chi connectivity index (χ1) is 14.6. The summed E-state index contributed by atoms with van der Waals surface area (Å²) in [6.45, 7) is 1.25. The summed E-state index contributed by atoms with van der Waals surface area (Å²) in [7, 11) is 0. The van der Waals surface area contributed by atoms with Crippen molar-refractivity contribution in [3.05, 3.63) is 54.7 Å². The summed E-state index contributed by atoms with van der Waals surface area (Å²) in [5, 5.41) is 12.8. The zero-order valence-electron chi connectivity index (χ0n) is 16.0. The molecule has 154 valence electrons. The number of carbonyl (C=O) groups excluding carboxylic acids is 1. The van der Waals surface area contributed by atoms with Gasteiger partial charge >= 0.3 is 12.0 Å². The minimum atomic E-state index is -1.15. The van der Waals surface area contributed by atoms with Crippen molar-refractivity contribution in [1.82, 2.24) is 19.7 Å². The largest absolute Gasteiger partial charge is 0.490 e. The number of rotatable bonds is 4. The van der Waals surface area contributed by atoms with E-state index in [1.54, 1.807) is 17.4 Å². The molecule has 9 heteroatoms. The lowest BCUT2D eigenvalue weighted by molar-refractivity contribution is 0.0690. The van der Waals surface area contributed by atoms with Crippen molar-refractivity contribution < 1.29 is 23.8 Å². The number of aromatic nitrogens is 3. The van der Waals surface area contributed by atoms with E-state index in [1.807, 2.05) is 24.3 Å². The topological polar surface area (TPSA) is 111 Å². The molecule has 1 aromatic carbocycles. The van der Waals surface area contributed by atoms with E-state index < -0.39 is 5.97 Å². The van der Waals surface area contributed by atoms with Crippen LogP contribution in [0.25, 0.3) is 11.5 Å². The highest BCUT2D eigenvalue weighted by Gasteiger charge is 2.43. The molecule has 3 heterocycles. The Hall–Kier alpha value is -3.62. The van der Waals surface area contributed by atoms with Crippen molar-refractivity contribution in [3.8, 4) is 17.2 Å². The Balaban J connectivity index is 1.20. The standard InChI is InChI=1S/C21H20N4O5/c26-20(27)18-4-6-25(23-18)21(28)24-11-14-9-17(10-15(14)12-24)30-16-3-1-2-13(8-16)19-22-5-7-29-19/h1-8,14-15,17H,9-12H2,(H,26,27). The van der Waals surface area contributed by atoms with Crippen LogP contribution in [-0.2, 0) is 0 Å². The number of hydrogen-bond donors (Lipinski definition) is 1. The fourth-order valence-electron chi connectivity index (χ4n) is 4.45. The first kappa shape index (κ1) is 18.4. The third-order valence-electron chi connectivity index (χ3n) is 5.80. The van der Waals surface area contributed by atoms with Gasteiger partial charge in [0, 0.05) is 24.8 Å². The van der Waals surface area contributed by atoms with Crippen LogP contribution in [-0.4, -0.2) is 56.0 Å². The molecule has 0 spiro atoms. The quantitative estimate of drug-likeness (QED) is 0.706. The maximum atomic E-state index is 12.6. The van der Waals surface area contributed by atoms with E-state index in [9.17, 15) is 9.59 Å². The summed E-state index contributed by atoms with van der Waals surface area (Å²) in [6, 6.07) is 8.74. The second kappa shape index (κ2) is 7.33. The minimum absolute atomic E-state index is 0.0976. The molecule has 2 atom stereocenters. The summed E-state index contributed by atoms with van der Waals surface area (Å²) in [5.41, 5.74) is 0.732. The number of aromatic carboxylic acids is 1. The van der Waals surface area contributed by atoms with Gasteiger partial charge in [-0.3, -0.25) is 0 Å². The molecule has 1 amide bonds. The summed E-state index contributed by atoms with van der Waals surface area (Å²) in [6.07, 6.45) is 6.39. The Morgan fingerprint density at radius 1 is 1.17 bits per heavy atom. The highest BCUT2D eigenvalue weighted by molar-refractivity contribution is 5.86. The van der Waals surface area contributed by atoms with Gasteiger partial charge in [0.05, 0.1) is 12.3 Å². The molecular weight excluding hydrogens is 388 g/mol. The maximum Gasteiger partial charge on any atom is 0.356 e. The normalized spacial score (nSPS) is 22.8. The van der Waals surface area contributed by atoms with Crippen molar-refractivity contribution >= 4 is 12.0 Å². The average Bonchev–Trinajstić information content (AvgIpc) is 3.50. The number of carboxylic acids is 1. The van der Waals surface area contributed by atoms with Gasteiger partial charge in [-0.25, -0.2) is 14.6 Å². The van der Waals surface area contributed by atoms with Gasteiger partial charge in [0.2, 0.25) is 5.89 Å². The predicted octanol–water partition coefficient (Wildman–Crippen LogP) is 2.99. The van der Waals surface area contributed by atoms with E-state index in [2.05, 4.69) is 10.1 Å². The molecule has 1 saturated heterocycles. The maximum absolute atomic E-state index is 12.6. The van der Waals surface area contributed by atoms with Crippen LogP contribution in [0.5, 0.6) is 5.75 Å². The van der Waals surface area contributed by atoms with Crippen LogP contribution in [0, 0.1) is 11.8 Å². The summed E-state index contributed by atoms with van der Waals surface area (Å²) >= 11 is 0. The highest BCUT2D eigenvalue weighted by Crippen LogP contribution is 2.40. The number of carbonyl (C=O) groups is 2. The lowest BCUT2D eigenvalue weighted by atomic mass is 10.0. The molecule has 9 nitrogen and oxygen atoms in total. The van der Waals surface area contributed by atoms with Crippen LogP contribution in [0.2, 0.25) is 0 Å². The van der Waals surface area contributed by atoms with Gasteiger partial charge < -0.3 is 19.2 Å². The van der Waals surface area contributed by atoms with Crippen LogP contribution >= 0.6 is 0 Å². The Bertz CT molecular complexity index is 1060. The van der Waals surface area contributed by atoms with Crippen LogP contribution in [0.3, 0.4) is 0 Å². The Kier molecular flexibility index (Phi) is 4.50. The first-order valence-corrected chi connectivity index (χ1v) is 9.81. The third-order valence-corrected chi connectivity index (χ3v) is 5.80. The average molecular weight is 408 g/mol. The predicted molar refractivity (Wildman–Crippen MR) is 104 cm³/mol. The molecule has 3 aromatic rings. The van der Waals surface area contributed by atoms with Crippen molar-refractivity contribution in [1.29, 1.82) is 0 Å². The van der Waals surface area contributed by atoms with Crippen molar-refractivity contribution in [2.45, 2.75) is 18.9 Å². The number of nitrogens with zero attached hydrogens (tertiary/aromatic N) is 4. The Morgan fingerprint density at radius 2 is 1.97 bits per heavy atom. The van der Waals surface area contributed by atoms with E-state index in [4.69, 9.17) is 14.3 Å². The Labute approximate surface area is 171 Å².